The fourth-order valence-corrected chi connectivity index (χ4v) is 2.44. The zero-order valence-electron chi connectivity index (χ0n) is 9.95. The average molecular weight is 381 g/mol. The Hall–Kier alpha value is -0.590. The molecule has 0 fully saturated rings. The average Bonchev–Trinajstić information content (AvgIpc) is 2.35. The van der Waals surface area contributed by atoms with Gasteiger partial charge in [-0.3, -0.25) is 4.79 Å². The molecule has 0 aromatic heterocycles. The molecule has 0 radical (unpaired) electrons. The minimum Gasteiger partial charge on any atom is -0.483 e. The van der Waals surface area contributed by atoms with Gasteiger partial charge in [0.05, 0.1) is 17.1 Å². The monoisotopic (exact) mass is 379 g/mol. The van der Waals surface area contributed by atoms with Gasteiger partial charge in [-0.05, 0) is 40.5 Å². The maximum Gasteiger partial charge on any atom is 0.258 e. The first-order valence-electron chi connectivity index (χ1n) is 5.54. The number of aliphatic hydroxyl groups is 1. The van der Waals surface area contributed by atoms with Gasteiger partial charge in [0.15, 0.2) is 6.61 Å². The summed E-state index contributed by atoms with van der Waals surface area (Å²) in [5.74, 6) is 0.358. The van der Waals surface area contributed by atoms with E-state index in [1.165, 1.54) is 0 Å². The lowest BCUT2D eigenvalue weighted by atomic mass is 10.2. The van der Waals surface area contributed by atoms with Gasteiger partial charge in [-0.2, -0.15) is 0 Å². The highest BCUT2D eigenvalue weighted by Gasteiger charge is 2.10. The Morgan fingerprint density at radius 2 is 2.22 bits per heavy atom. The lowest BCUT2D eigenvalue weighted by molar-refractivity contribution is -0.124. The van der Waals surface area contributed by atoms with Crippen LogP contribution in [0.4, 0.5) is 0 Å². The molecule has 100 valence electrons. The van der Waals surface area contributed by atoms with Crippen molar-refractivity contribution in [3.8, 4) is 5.75 Å². The third kappa shape index (κ3) is 4.96. The van der Waals surface area contributed by atoms with Gasteiger partial charge >= 0.3 is 0 Å². The van der Waals surface area contributed by atoms with Crippen LogP contribution in [-0.4, -0.2) is 30.3 Å². The molecule has 0 spiro atoms. The molecule has 0 heterocycles. The van der Waals surface area contributed by atoms with Crippen LogP contribution in [0.2, 0.25) is 0 Å². The number of carbonyl (C=O) groups excluding carboxylic acids is 1. The molecule has 1 atom stereocenters. The molecular formula is C12H15Br2NO3. The van der Waals surface area contributed by atoms with Crippen molar-refractivity contribution in [2.45, 2.75) is 19.4 Å². The van der Waals surface area contributed by atoms with E-state index in [0.29, 0.717) is 12.2 Å². The number of rotatable bonds is 6. The van der Waals surface area contributed by atoms with Gasteiger partial charge in [-0.15, -0.1) is 0 Å². The van der Waals surface area contributed by atoms with Gasteiger partial charge < -0.3 is 15.2 Å². The number of amides is 1. The van der Waals surface area contributed by atoms with E-state index in [-0.39, 0.29) is 25.2 Å². The van der Waals surface area contributed by atoms with E-state index in [2.05, 4.69) is 37.2 Å². The van der Waals surface area contributed by atoms with Crippen LogP contribution in [0.3, 0.4) is 0 Å². The predicted octanol–water partition coefficient (Wildman–Crippen LogP) is 2.48. The lowest BCUT2D eigenvalue weighted by Crippen LogP contribution is -2.39. The molecule has 1 amide bonds. The minimum atomic E-state index is -0.245. The second-order valence-corrected chi connectivity index (χ2v) is 5.49. The van der Waals surface area contributed by atoms with Crippen LogP contribution in [-0.2, 0) is 4.79 Å². The largest absolute Gasteiger partial charge is 0.483 e. The molecule has 18 heavy (non-hydrogen) atoms. The highest BCUT2D eigenvalue weighted by molar-refractivity contribution is 9.11. The molecule has 1 unspecified atom stereocenters. The van der Waals surface area contributed by atoms with E-state index in [1.807, 2.05) is 19.1 Å². The number of hydrogen-bond acceptors (Lipinski definition) is 3. The molecule has 0 saturated heterocycles. The van der Waals surface area contributed by atoms with Crippen LogP contribution in [0, 0.1) is 0 Å². The molecular weight excluding hydrogens is 366 g/mol. The summed E-state index contributed by atoms with van der Waals surface area (Å²) >= 11 is 6.68. The van der Waals surface area contributed by atoms with Crippen LogP contribution in [0.5, 0.6) is 5.75 Å². The molecule has 0 aliphatic heterocycles. The normalized spacial score (nSPS) is 12.0. The summed E-state index contributed by atoms with van der Waals surface area (Å²) in [6.45, 7) is 1.76. The van der Waals surface area contributed by atoms with Crippen molar-refractivity contribution in [1.82, 2.24) is 5.32 Å². The van der Waals surface area contributed by atoms with Gasteiger partial charge in [0.25, 0.3) is 5.91 Å². The Kier molecular flexibility index (Phi) is 6.67. The first-order chi connectivity index (χ1) is 8.56. The molecule has 0 saturated carbocycles. The summed E-state index contributed by atoms with van der Waals surface area (Å²) < 4.78 is 7.09. The summed E-state index contributed by atoms with van der Waals surface area (Å²) in [5.41, 5.74) is 0. The van der Waals surface area contributed by atoms with Gasteiger partial charge in [-0.25, -0.2) is 0 Å². The predicted molar refractivity (Wildman–Crippen MR) is 76.6 cm³/mol. The number of nitrogens with one attached hydrogen (secondary N) is 1. The Labute approximate surface area is 123 Å². The molecule has 1 rings (SSSR count). The summed E-state index contributed by atoms with van der Waals surface area (Å²) in [7, 11) is 0. The fourth-order valence-electron chi connectivity index (χ4n) is 1.28. The van der Waals surface area contributed by atoms with Crippen molar-refractivity contribution >= 4 is 37.8 Å². The summed E-state index contributed by atoms with van der Waals surface area (Å²) in [6, 6.07) is 5.23. The van der Waals surface area contributed by atoms with Gasteiger partial charge in [0.2, 0.25) is 0 Å². The standard InChI is InChI=1S/C12H15Br2NO3/c1-2-9(6-16)15-12(17)7-18-11-4-3-8(13)5-10(11)14/h3-5,9,16H,2,6-7H2,1H3,(H,15,17). The van der Waals surface area contributed by atoms with Crippen LogP contribution in [0.1, 0.15) is 13.3 Å². The third-order valence-electron chi connectivity index (χ3n) is 2.33. The Bertz CT molecular complexity index is 408. The maximum absolute atomic E-state index is 11.6. The summed E-state index contributed by atoms with van der Waals surface area (Å²) in [4.78, 5) is 11.6. The van der Waals surface area contributed by atoms with Gasteiger partial charge in [0, 0.05) is 4.47 Å². The van der Waals surface area contributed by atoms with Crippen LogP contribution < -0.4 is 10.1 Å². The van der Waals surface area contributed by atoms with Crippen molar-refractivity contribution in [3.63, 3.8) is 0 Å². The highest BCUT2D eigenvalue weighted by atomic mass is 79.9. The van der Waals surface area contributed by atoms with Crippen LogP contribution >= 0.6 is 31.9 Å². The molecule has 2 N–H and O–H groups in total. The summed E-state index contributed by atoms with van der Waals surface area (Å²) in [5, 5.41) is 11.6. The zero-order chi connectivity index (χ0) is 13.5. The van der Waals surface area contributed by atoms with E-state index in [0.717, 1.165) is 8.95 Å². The zero-order valence-corrected chi connectivity index (χ0v) is 13.1. The van der Waals surface area contributed by atoms with Gasteiger partial charge in [0.1, 0.15) is 5.75 Å². The number of hydrogen-bond donors (Lipinski definition) is 2. The first kappa shape index (κ1) is 15.5. The topological polar surface area (TPSA) is 58.6 Å². The Morgan fingerprint density at radius 1 is 1.50 bits per heavy atom. The SMILES string of the molecule is CCC(CO)NC(=O)COc1ccc(Br)cc1Br. The molecule has 6 heteroatoms. The number of ether oxygens (including phenoxy) is 1. The second kappa shape index (κ2) is 7.76. The number of carbonyl (C=O) groups is 1. The van der Waals surface area contributed by atoms with E-state index >= 15 is 0 Å². The van der Waals surface area contributed by atoms with E-state index in [9.17, 15) is 4.79 Å². The van der Waals surface area contributed by atoms with Gasteiger partial charge in [-0.1, -0.05) is 22.9 Å². The van der Waals surface area contributed by atoms with Crippen molar-refractivity contribution in [2.24, 2.45) is 0 Å². The smallest absolute Gasteiger partial charge is 0.258 e. The lowest BCUT2D eigenvalue weighted by Gasteiger charge is -2.14. The van der Waals surface area contributed by atoms with Crippen molar-refractivity contribution in [3.05, 3.63) is 27.1 Å². The number of halogens is 2. The maximum atomic E-state index is 11.6. The van der Waals surface area contributed by atoms with E-state index in [1.54, 1.807) is 6.07 Å². The quantitative estimate of drug-likeness (QED) is 0.796. The minimum absolute atomic E-state index is 0.0653. The third-order valence-corrected chi connectivity index (χ3v) is 3.44. The van der Waals surface area contributed by atoms with E-state index < -0.39 is 0 Å². The molecule has 0 aliphatic carbocycles. The number of aliphatic hydroxyl groups excluding tert-OH is 1. The fraction of sp³-hybridized carbons (Fsp3) is 0.417. The first-order valence-corrected chi connectivity index (χ1v) is 7.13. The second-order valence-electron chi connectivity index (χ2n) is 3.72. The molecule has 1 aromatic rings. The molecule has 1 aromatic carbocycles. The summed E-state index contributed by atoms with van der Waals surface area (Å²) in [6.07, 6.45) is 0.685. The molecule has 0 bridgehead atoms. The van der Waals surface area contributed by atoms with Crippen molar-refractivity contribution < 1.29 is 14.6 Å². The van der Waals surface area contributed by atoms with Crippen LogP contribution in [0.15, 0.2) is 27.1 Å². The Morgan fingerprint density at radius 3 is 2.78 bits per heavy atom. The van der Waals surface area contributed by atoms with E-state index in [4.69, 9.17) is 9.84 Å². The molecule has 0 aliphatic rings. The van der Waals surface area contributed by atoms with Crippen molar-refractivity contribution in [1.29, 1.82) is 0 Å². The van der Waals surface area contributed by atoms with Crippen molar-refractivity contribution in [2.75, 3.05) is 13.2 Å². The Balaban J connectivity index is 2.47. The highest BCUT2D eigenvalue weighted by Crippen LogP contribution is 2.27. The number of benzene rings is 1. The van der Waals surface area contributed by atoms with Crippen LogP contribution in [0.25, 0.3) is 0 Å². The molecule has 4 nitrogen and oxygen atoms in total.